The molecule has 1 aromatic carbocycles. The van der Waals surface area contributed by atoms with E-state index in [-0.39, 0.29) is 17.6 Å². The van der Waals surface area contributed by atoms with E-state index in [1.165, 1.54) is 0 Å². The number of para-hydroxylation sites is 2. The maximum atomic E-state index is 12.8. The first-order valence-corrected chi connectivity index (χ1v) is 7.15. The zero-order chi connectivity index (χ0) is 17.3. The minimum absolute atomic E-state index is 0.0739. The minimum atomic E-state index is -4.60. The zero-order valence-electron chi connectivity index (χ0n) is 11.9. The van der Waals surface area contributed by atoms with E-state index in [4.69, 9.17) is 21.1 Å². The number of hydrogen-bond donors (Lipinski definition) is 1. The maximum absolute atomic E-state index is 12.8. The monoisotopic (exact) mass is 358 g/mol. The van der Waals surface area contributed by atoms with E-state index >= 15 is 0 Å². The highest BCUT2D eigenvalue weighted by Crippen LogP contribution is 2.33. The van der Waals surface area contributed by atoms with Gasteiger partial charge in [0.25, 0.3) is 5.91 Å². The first-order valence-electron chi connectivity index (χ1n) is 6.77. The van der Waals surface area contributed by atoms with Crippen molar-refractivity contribution in [1.29, 1.82) is 0 Å². The summed E-state index contributed by atoms with van der Waals surface area (Å²) in [6.45, 7) is -0.0739. The zero-order valence-corrected chi connectivity index (χ0v) is 12.7. The third kappa shape index (κ3) is 3.53. The molecule has 3 rings (SSSR count). The first-order chi connectivity index (χ1) is 11.3. The summed E-state index contributed by atoms with van der Waals surface area (Å²) in [6.07, 6.45) is -5.62. The highest BCUT2D eigenvalue weighted by atomic mass is 35.5. The van der Waals surface area contributed by atoms with E-state index in [1.807, 2.05) is 0 Å². The van der Waals surface area contributed by atoms with Crippen LogP contribution in [0, 0.1) is 0 Å². The number of nitrogens with zero attached hydrogens (tertiary/aromatic N) is 1. The van der Waals surface area contributed by atoms with Gasteiger partial charge >= 0.3 is 6.18 Å². The molecule has 0 unspecified atom stereocenters. The number of nitrogens with one attached hydrogen (secondary N) is 1. The summed E-state index contributed by atoms with van der Waals surface area (Å²) in [5.41, 5.74) is -1.01. The molecule has 1 aromatic heterocycles. The van der Waals surface area contributed by atoms with Crippen molar-refractivity contribution in [3.63, 3.8) is 0 Å². The number of halogens is 4. The van der Waals surface area contributed by atoms with Crippen LogP contribution >= 0.6 is 11.6 Å². The first kappa shape index (κ1) is 16.4. The number of amides is 1. The molecule has 0 saturated carbocycles. The number of alkyl halides is 3. The molecule has 2 aromatic rings. The predicted octanol–water partition coefficient (Wildman–Crippen LogP) is 3.53. The van der Waals surface area contributed by atoms with Gasteiger partial charge in [-0.15, -0.1) is 0 Å². The minimum Gasteiger partial charge on any atom is -0.485 e. The van der Waals surface area contributed by atoms with Gasteiger partial charge in [0.2, 0.25) is 6.10 Å². The van der Waals surface area contributed by atoms with Crippen LogP contribution in [0.4, 0.5) is 19.0 Å². The van der Waals surface area contributed by atoms with Crippen molar-refractivity contribution < 1.29 is 27.4 Å². The molecular weight excluding hydrogens is 349 g/mol. The molecule has 1 aliphatic rings. The summed E-state index contributed by atoms with van der Waals surface area (Å²) in [4.78, 5) is 15.8. The SMILES string of the molecule is O=C(Nc1cc(C(F)(F)F)cc(Cl)n1)[C@@H]1COc2ccccc2O1. The smallest absolute Gasteiger partial charge is 0.416 e. The Morgan fingerprint density at radius 1 is 1.25 bits per heavy atom. The fraction of sp³-hybridized carbons (Fsp3) is 0.200. The Balaban J connectivity index is 1.75. The highest BCUT2D eigenvalue weighted by Gasteiger charge is 2.32. The van der Waals surface area contributed by atoms with Crippen LogP contribution in [0.1, 0.15) is 5.56 Å². The van der Waals surface area contributed by atoms with Crippen molar-refractivity contribution in [2.45, 2.75) is 12.3 Å². The van der Waals surface area contributed by atoms with E-state index in [2.05, 4.69) is 10.3 Å². The van der Waals surface area contributed by atoms with Crippen LogP contribution in [0.2, 0.25) is 5.15 Å². The number of anilines is 1. The molecule has 1 aliphatic heterocycles. The maximum Gasteiger partial charge on any atom is 0.416 e. The van der Waals surface area contributed by atoms with E-state index in [9.17, 15) is 18.0 Å². The molecule has 5 nitrogen and oxygen atoms in total. The van der Waals surface area contributed by atoms with Crippen LogP contribution in [0.3, 0.4) is 0 Å². The fourth-order valence-corrected chi connectivity index (χ4v) is 2.29. The van der Waals surface area contributed by atoms with Gasteiger partial charge in [0.05, 0.1) is 5.56 Å². The van der Waals surface area contributed by atoms with E-state index in [0.29, 0.717) is 23.6 Å². The average Bonchev–Trinajstić information content (AvgIpc) is 2.53. The normalized spacial score (nSPS) is 16.6. The number of ether oxygens (including phenoxy) is 2. The van der Waals surface area contributed by atoms with Crippen molar-refractivity contribution in [3.05, 3.63) is 47.1 Å². The Hall–Kier alpha value is -2.48. The van der Waals surface area contributed by atoms with Crippen molar-refractivity contribution >= 4 is 23.3 Å². The van der Waals surface area contributed by atoms with Gasteiger partial charge in [-0.2, -0.15) is 13.2 Å². The number of rotatable bonds is 2. The van der Waals surface area contributed by atoms with Gasteiger partial charge in [-0.05, 0) is 24.3 Å². The van der Waals surface area contributed by atoms with Gasteiger partial charge in [-0.1, -0.05) is 23.7 Å². The molecule has 126 valence electrons. The molecule has 24 heavy (non-hydrogen) atoms. The lowest BCUT2D eigenvalue weighted by atomic mass is 10.2. The summed E-state index contributed by atoms with van der Waals surface area (Å²) < 4.78 is 49.1. The third-order valence-corrected chi connectivity index (χ3v) is 3.37. The van der Waals surface area contributed by atoms with E-state index in [1.54, 1.807) is 24.3 Å². The van der Waals surface area contributed by atoms with Crippen LogP contribution in [0.5, 0.6) is 11.5 Å². The molecule has 0 saturated heterocycles. The van der Waals surface area contributed by atoms with E-state index in [0.717, 1.165) is 0 Å². The van der Waals surface area contributed by atoms with Gasteiger partial charge in [-0.25, -0.2) is 4.98 Å². The molecule has 0 bridgehead atoms. The van der Waals surface area contributed by atoms with Gasteiger partial charge < -0.3 is 14.8 Å². The van der Waals surface area contributed by atoms with Gasteiger partial charge in [0.15, 0.2) is 11.5 Å². The number of aromatic nitrogens is 1. The molecule has 1 N–H and O–H groups in total. The quantitative estimate of drug-likeness (QED) is 0.834. The summed E-state index contributed by atoms with van der Waals surface area (Å²) in [5, 5.41) is 1.87. The van der Waals surface area contributed by atoms with Crippen LogP contribution < -0.4 is 14.8 Å². The molecule has 0 spiro atoms. The van der Waals surface area contributed by atoms with Crippen LogP contribution in [0.25, 0.3) is 0 Å². The third-order valence-electron chi connectivity index (χ3n) is 3.17. The molecule has 0 aliphatic carbocycles. The lowest BCUT2D eigenvalue weighted by Gasteiger charge is -2.25. The molecular formula is C15H10ClF3N2O3. The predicted molar refractivity (Wildman–Crippen MR) is 79.2 cm³/mol. The second-order valence-electron chi connectivity index (χ2n) is 4.92. The second-order valence-corrected chi connectivity index (χ2v) is 5.30. The Bertz CT molecular complexity index is 783. The number of fused-ring (bicyclic) bond motifs is 1. The highest BCUT2D eigenvalue weighted by molar-refractivity contribution is 6.29. The standard InChI is InChI=1S/C15H10ClF3N2O3/c16-12-5-8(15(17,18)19)6-13(20-12)21-14(22)11-7-23-9-3-1-2-4-10(9)24-11/h1-6,11H,7H2,(H,20,21,22)/t11-/m0/s1. The number of carbonyl (C=O) groups is 1. The van der Waals surface area contributed by atoms with Crippen molar-refractivity contribution in [2.75, 3.05) is 11.9 Å². The summed E-state index contributed by atoms with van der Waals surface area (Å²) >= 11 is 5.57. The number of carbonyl (C=O) groups excluding carboxylic acids is 1. The number of hydrogen-bond acceptors (Lipinski definition) is 4. The van der Waals surface area contributed by atoms with Crippen LogP contribution in [-0.4, -0.2) is 23.6 Å². The molecule has 1 amide bonds. The largest absolute Gasteiger partial charge is 0.485 e. The average molecular weight is 359 g/mol. The van der Waals surface area contributed by atoms with Crippen molar-refractivity contribution in [3.8, 4) is 11.5 Å². The summed E-state index contributed by atoms with van der Waals surface area (Å²) in [5.74, 6) is -0.143. The molecule has 2 heterocycles. The second kappa shape index (κ2) is 6.20. The van der Waals surface area contributed by atoms with Gasteiger partial charge in [-0.3, -0.25) is 4.79 Å². The fourth-order valence-electron chi connectivity index (χ4n) is 2.08. The topological polar surface area (TPSA) is 60.5 Å². The molecule has 0 fully saturated rings. The Kier molecular flexibility index (Phi) is 4.23. The lowest BCUT2D eigenvalue weighted by molar-refractivity contribution is -0.137. The van der Waals surface area contributed by atoms with E-state index < -0.39 is 23.8 Å². The molecule has 9 heteroatoms. The lowest BCUT2D eigenvalue weighted by Crippen LogP contribution is -2.40. The molecule has 1 atom stereocenters. The number of pyridine rings is 1. The number of benzene rings is 1. The van der Waals surface area contributed by atoms with Crippen LogP contribution in [0.15, 0.2) is 36.4 Å². The van der Waals surface area contributed by atoms with Crippen LogP contribution in [-0.2, 0) is 11.0 Å². The van der Waals surface area contributed by atoms with Gasteiger partial charge in [0.1, 0.15) is 17.6 Å². The Labute approximate surface area is 139 Å². The summed E-state index contributed by atoms with van der Waals surface area (Å²) in [6, 6.07) is 8.12. The van der Waals surface area contributed by atoms with Crippen molar-refractivity contribution in [2.24, 2.45) is 0 Å². The van der Waals surface area contributed by atoms with Crippen molar-refractivity contribution in [1.82, 2.24) is 4.98 Å². The van der Waals surface area contributed by atoms with Gasteiger partial charge in [0, 0.05) is 0 Å². The molecule has 0 radical (unpaired) electrons. The Morgan fingerprint density at radius 2 is 1.96 bits per heavy atom. The Morgan fingerprint density at radius 3 is 2.67 bits per heavy atom. The summed E-state index contributed by atoms with van der Waals surface area (Å²) in [7, 11) is 0.